The van der Waals surface area contributed by atoms with Crippen molar-refractivity contribution in [2.75, 3.05) is 0 Å². The first-order chi connectivity index (χ1) is 10.1. The Morgan fingerprint density at radius 2 is 1.67 bits per heavy atom. The molecule has 114 valence electrons. The van der Waals surface area contributed by atoms with Gasteiger partial charge in [-0.2, -0.15) is 0 Å². The molecule has 4 nitrogen and oxygen atoms in total. The lowest BCUT2D eigenvalue weighted by Gasteiger charge is -2.26. The van der Waals surface area contributed by atoms with E-state index in [2.05, 4.69) is 6.92 Å². The summed E-state index contributed by atoms with van der Waals surface area (Å²) < 4.78 is 5.61. The standard InChI is InChI=1S/C17H22O4/c1-12-8-4-2-3-5-11-15(12)21-17(20)14-10-7-6-9-13(14)16(18)19/h6-7,9-10,12,15H,2-5,8,11H2,1H3,(H,18,19)/t12-,15-/m1/s1. The van der Waals surface area contributed by atoms with E-state index in [-0.39, 0.29) is 17.2 Å². The third-order valence-electron chi connectivity index (χ3n) is 4.17. The zero-order valence-electron chi connectivity index (χ0n) is 12.4. The molecule has 1 aromatic carbocycles. The highest BCUT2D eigenvalue weighted by atomic mass is 16.5. The van der Waals surface area contributed by atoms with E-state index >= 15 is 0 Å². The molecule has 1 aliphatic rings. The molecule has 0 heterocycles. The van der Waals surface area contributed by atoms with Crippen LogP contribution in [0.1, 0.15) is 66.2 Å². The zero-order chi connectivity index (χ0) is 15.2. The van der Waals surface area contributed by atoms with Crippen LogP contribution in [-0.4, -0.2) is 23.1 Å². The summed E-state index contributed by atoms with van der Waals surface area (Å²) in [4.78, 5) is 23.5. The highest BCUT2D eigenvalue weighted by molar-refractivity contribution is 6.02. The van der Waals surface area contributed by atoms with Crippen LogP contribution in [0.4, 0.5) is 0 Å². The number of carboxylic acids is 1. The molecule has 0 aromatic heterocycles. The second kappa shape index (κ2) is 7.25. The van der Waals surface area contributed by atoms with E-state index < -0.39 is 11.9 Å². The van der Waals surface area contributed by atoms with Gasteiger partial charge in [-0.05, 0) is 37.3 Å². The van der Waals surface area contributed by atoms with Gasteiger partial charge in [0, 0.05) is 0 Å². The van der Waals surface area contributed by atoms with Crippen molar-refractivity contribution >= 4 is 11.9 Å². The SMILES string of the molecule is C[C@@H]1CCCCCC[C@H]1OC(=O)c1ccccc1C(=O)O. The molecule has 1 N–H and O–H groups in total. The van der Waals surface area contributed by atoms with Crippen molar-refractivity contribution < 1.29 is 19.4 Å². The molecule has 0 aliphatic heterocycles. The fourth-order valence-electron chi connectivity index (χ4n) is 2.86. The summed E-state index contributed by atoms with van der Waals surface area (Å²) in [5.74, 6) is -1.30. The van der Waals surface area contributed by atoms with E-state index in [1.54, 1.807) is 12.1 Å². The molecular weight excluding hydrogens is 268 g/mol. The van der Waals surface area contributed by atoms with Crippen molar-refractivity contribution in [3.63, 3.8) is 0 Å². The Kier molecular flexibility index (Phi) is 5.37. The molecule has 1 saturated carbocycles. The lowest BCUT2D eigenvalue weighted by molar-refractivity contribution is 0.00927. The third-order valence-corrected chi connectivity index (χ3v) is 4.17. The lowest BCUT2D eigenvalue weighted by Crippen LogP contribution is -2.27. The smallest absolute Gasteiger partial charge is 0.339 e. The molecule has 2 atom stereocenters. The molecule has 0 spiro atoms. The maximum Gasteiger partial charge on any atom is 0.339 e. The van der Waals surface area contributed by atoms with E-state index in [4.69, 9.17) is 9.84 Å². The van der Waals surface area contributed by atoms with Gasteiger partial charge in [-0.15, -0.1) is 0 Å². The van der Waals surface area contributed by atoms with Crippen LogP contribution < -0.4 is 0 Å². The van der Waals surface area contributed by atoms with Gasteiger partial charge in [-0.3, -0.25) is 0 Å². The van der Waals surface area contributed by atoms with Crippen LogP contribution in [0.25, 0.3) is 0 Å². The van der Waals surface area contributed by atoms with Crippen LogP contribution >= 0.6 is 0 Å². The zero-order valence-corrected chi connectivity index (χ0v) is 12.4. The summed E-state index contributed by atoms with van der Waals surface area (Å²) in [5, 5.41) is 9.15. The Morgan fingerprint density at radius 1 is 1.05 bits per heavy atom. The van der Waals surface area contributed by atoms with Gasteiger partial charge in [0.1, 0.15) is 6.10 Å². The minimum Gasteiger partial charge on any atom is -0.478 e. The van der Waals surface area contributed by atoms with Crippen LogP contribution in [0.15, 0.2) is 24.3 Å². The highest BCUT2D eigenvalue weighted by Crippen LogP contribution is 2.26. The van der Waals surface area contributed by atoms with Crippen LogP contribution in [0.2, 0.25) is 0 Å². The molecule has 2 rings (SSSR count). The third kappa shape index (κ3) is 4.06. The van der Waals surface area contributed by atoms with Crippen LogP contribution in [0, 0.1) is 5.92 Å². The van der Waals surface area contributed by atoms with Crippen molar-refractivity contribution in [2.24, 2.45) is 5.92 Å². The van der Waals surface area contributed by atoms with Gasteiger partial charge in [0.15, 0.2) is 0 Å². The van der Waals surface area contributed by atoms with Gasteiger partial charge in [0.25, 0.3) is 0 Å². The topological polar surface area (TPSA) is 63.6 Å². The van der Waals surface area contributed by atoms with Crippen molar-refractivity contribution in [3.8, 4) is 0 Å². The van der Waals surface area contributed by atoms with Gasteiger partial charge in [0.05, 0.1) is 11.1 Å². The maximum atomic E-state index is 12.3. The Balaban J connectivity index is 2.11. The first-order valence-corrected chi connectivity index (χ1v) is 7.63. The number of carboxylic acid groups (broad SMARTS) is 1. The van der Waals surface area contributed by atoms with Crippen LogP contribution in [0.3, 0.4) is 0 Å². The Hall–Kier alpha value is -1.84. The van der Waals surface area contributed by atoms with Crippen molar-refractivity contribution in [1.29, 1.82) is 0 Å². The summed E-state index contributed by atoms with van der Waals surface area (Å²) in [5.41, 5.74) is 0.139. The number of rotatable bonds is 3. The van der Waals surface area contributed by atoms with E-state index in [9.17, 15) is 9.59 Å². The number of carbonyl (C=O) groups excluding carboxylic acids is 1. The number of benzene rings is 1. The highest BCUT2D eigenvalue weighted by Gasteiger charge is 2.25. The minimum atomic E-state index is -1.10. The van der Waals surface area contributed by atoms with Gasteiger partial charge in [-0.1, -0.05) is 38.3 Å². The van der Waals surface area contributed by atoms with Gasteiger partial charge in [-0.25, -0.2) is 9.59 Å². The average Bonchev–Trinajstić information content (AvgIpc) is 2.46. The second-order valence-corrected chi connectivity index (χ2v) is 5.76. The second-order valence-electron chi connectivity index (χ2n) is 5.76. The maximum absolute atomic E-state index is 12.3. The predicted molar refractivity (Wildman–Crippen MR) is 79.5 cm³/mol. The van der Waals surface area contributed by atoms with Crippen molar-refractivity contribution in [1.82, 2.24) is 0 Å². The minimum absolute atomic E-state index is 0.000923. The fourth-order valence-corrected chi connectivity index (χ4v) is 2.86. The number of aromatic carboxylic acids is 1. The molecule has 0 unspecified atom stereocenters. The number of carbonyl (C=O) groups is 2. The first kappa shape index (κ1) is 15.5. The van der Waals surface area contributed by atoms with E-state index in [1.807, 2.05) is 0 Å². The average molecular weight is 290 g/mol. The van der Waals surface area contributed by atoms with Crippen LogP contribution in [0.5, 0.6) is 0 Å². The monoisotopic (exact) mass is 290 g/mol. The van der Waals surface area contributed by atoms with E-state index in [0.29, 0.717) is 5.92 Å². The number of esters is 1. The molecule has 4 heteroatoms. The fraction of sp³-hybridized carbons (Fsp3) is 0.529. The van der Waals surface area contributed by atoms with Gasteiger partial charge >= 0.3 is 11.9 Å². The van der Waals surface area contributed by atoms with Crippen LogP contribution in [-0.2, 0) is 4.74 Å². The molecular formula is C17H22O4. The number of hydrogen-bond donors (Lipinski definition) is 1. The molecule has 0 saturated heterocycles. The molecule has 1 aliphatic carbocycles. The quantitative estimate of drug-likeness (QED) is 0.857. The molecule has 0 bridgehead atoms. The summed E-state index contributed by atoms with van der Waals surface area (Å²) in [6.45, 7) is 2.10. The molecule has 0 amide bonds. The molecule has 21 heavy (non-hydrogen) atoms. The number of ether oxygens (including phenoxy) is 1. The summed E-state index contributed by atoms with van der Waals surface area (Å²) >= 11 is 0. The first-order valence-electron chi connectivity index (χ1n) is 7.63. The predicted octanol–water partition coefficient (Wildman–Crippen LogP) is 3.90. The van der Waals surface area contributed by atoms with Crippen molar-refractivity contribution in [3.05, 3.63) is 35.4 Å². The molecule has 0 radical (unpaired) electrons. The molecule has 1 aromatic rings. The number of hydrogen-bond acceptors (Lipinski definition) is 3. The summed E-state index contributed by atoms with van der Waals surface area (Å²) in [7, 11) is 0. The Morgan fingerprint density at radius 3 is 2.33 bits per heavy atom. The van der Waals surface area contributed by atoms with E-state index in [1.165, 1.54) is 31.4 Å². The lowest BCUT2D eigenvalue weighted by atomic mass is 9.90. The molecule has 1 fully saturated rings. The largest absolute Gasteiger partial charge is 0.478 e. The van der Waals surface area contributed by atoms with E-state index in [0.717, 1.165) is 19.3 Å². The van der Waals surface area contributed by atoms with Crippen molar-refractivity contribution in [2.45, 2.75) is 51.6 Å². The Labute approximate surface area is 125 Å². The van der Waals surface area contributed by atoms with Gasteiger partial charge < -0.3 is 9.84 Å². The summed E-state index contributed by atoms with van der Waals surface area (Å²) in [6, 6.07) is 6.21. The normalized spacial score (nSPS) is 22.9. The Bertz CT molecular complexity index is 509. The van der Waals surface area contributed by atoms with Gasteiger partial charge in [0.2, 0.25) is 0 Å². The summed E-state index contributed by atoms with van der Waals surface area (Å²) in [6.07, 6.45) is 6.45.